The van der Waals surface area contributed by atoms with Crippen molar-refractivity contribution in [2.75, 3.05) is 4.90 Å². The molecular weight excluding hydrogens is 384 g/mol. The van der Waals surface area contributed by atoms with Crippen molar-refractivity contribution in [1.29, 1.82) is 0 Å². The molecule has 1 aliphatic rings. The summed E-state index contributed by atoms with van der Waals surface area (Å²) in [6.07, 6.45) is -0.0609. The molecule has 8 nitrogen and oxygen atoms in total. The number of benzene rings is 2. The third-order valence-corrected chi connectivity index (χ3v) is 5.44. The number of para-hydroxylation sites is 3. The molecule has 150 valence electrons. The van der Waals surface area contributed by atoms with Gasteiger partial charge < -0.3 is 4.42 Å². The molecule has 4 aromatic rings. The van der Waals surface area contributed by atoms with Crippen LogP contribution in [-0.2, 0) is 9.59 Å². The number of anilines is 1. The van der Waals surface area contributed by atoms with Crippen LogP contribution in [0.15, 0.2) is 57.7 Å². The van der Waals surface area contributed by atoms with E-state index in [1.54, 1.807) is 31.2 Å². The highest BCUT2D eigenvalue weighted by molar-refractivity contribution is 6.23. The van der Waals surface area contributed by atoms with E-state index in [4.69, 9.17) is 4.42 Å². The Morgan fingerprint density at radius 2 is 1.77 bits per heavy atom. The van der Waals surface area contributed by atoms with Gasteiger partial charge in [0, 0.05) is 12.1 Å². The van der Waals surface area contributed by atoms with Gasteiger partial charge in [-0.05, 0) is 37.6 Å². The Balaban J connectivity index is 1.57. The average Bonchev–Trinajstić information content (AvgIpc) is 3.36. The number of hydrogen-bond acceptors (Lipinski definition) is 5. The van der Waals surface area contributed by atoms with Crippen LogP contribution in [0.3, 0.4) is 0 Å². The van der Waals surface area contributed by atoms with Gasteiger partial charge in [-0.2, -0.15) is 9.67 Å². The molecule has 2 amide bonds. The summed E-state index contributed by atoms with van der Waals surface area (Å²) in [7, 11) is 0. The van der Waals surface area contributed by atoms with E-state index in [9.17, 15) is 14.4 Å². The Bertz CT molecular complexity index is 1340. The first-order valence-corrected chi connectivity index (χ1v) is 9.55. The van der Waals surface area contributed by atoms with Crippen LogP contribution in [0.4, 0.5) is 5.69 Å². The van der Waals surface area contributed by atoms with Crippen LogP contribution in [0.5, 0.6) is 0 Å². The first kappa shape index (κ1) is 18.1. The topological polar surface area (TPSA) is 101 Å². The molecule has 1 atom stereocenters. The standard InChI is InChI=1S/C22H18N4O4/c1-12-7-3-5-9-16(12)25-18(27)11-14(20(25)28)19-13(2)24-26(21(19)29)22-23-15-8-4-6-10-17(15)30-22/h3-10,14,24H,11H2,1-2H3/t14-/m0/s1. The zero-order chi connectivity index (χ0) is 21.0. The zero-order valence-corrected chi connectivity index (χ0v) is 16.4. The SMILES string of the molecule is Cc1ccccc1N1C(=O)C[C@@H](c2c(C)[nH]n(-c3nc4ccccc4o3)c2=O)C1=O. The number of H-pyrrole nitrogens is 1. The molecule has 5 rings (SSSR count). The Morgan fingerprint density at radius 3 is 2.53 bits per heavy atom. The van der Waals surface area contributed by atoms with Gasteiger partial charge >= 0.3 is 6.01 Å². The predicted octanol–water partition coefficient (Wildman–Crippen LogP) is 2.97. The summed E-state index contributed by atoms with van der Waals surface area (Å²) in [5.74, 6) is -1.59. The number of amides is 2. The molecule has 0 unspecified atom stereocenters. The fraction of sp³-hybridized carbons (Fsp3) is 0.182. The quantitative estimate of drug-likeness (QED) is 0.531. The summed E-state index contributed by atoms with van der Waals surface area (Å²) in [6, 6.07) is 14.5. The molecule has 0 saturated carbocycles. The molecule has 0 radical (unpaired) electrons. The maximum absolute atomic E-state index is 13.2. The van der Waals surface area contributed by atoms with Crippen LogP contribution in [-0.4, -0.2) is 26.6 Å². The number of aromatic amines is 1. The van der Waals surface area contributed by atoms with Crippen molar-refractivity contribution in [1.82, 2.24) is 14.8 Å². The minimum atomic E-state index is -0.855. The van der Waals surface area contributed by atoms with E-state index in [-0.39, 0.29) is 23.9 Å². The van der Waals surface area contributed by atoms with Gasteiger partial charge in [0.15, 0.2) is 5.58 Å². The molecular formula is C22H18N4O4. The van der Waals surface area contributed by atoms with E-state index < -0.39 is 17.4 Å². The van der Waals surface area contributed by atoms with E-state index >= 15 is 0 Å². The maximum atomic E-state index is 13.2. The van der Waals surface area contributed by atoms with Crippen molar-refractivity contribution in [3.8, 4) is 6.01 Å². The van der Waals surface area contributed by atoms with Gasteiger partial charge in [0.1, 0.15) is 5.52 Å². The lowest BCUT2D eigenvalue weighted by atomic mass is 9.98. The zero-order valence-electron chi connectivity index (χ0n) is 16.4. The van der Waals surface area contributed by atoms with Crippen LogP contribution in [0.1, 0.15) is 29.2 Å². The summed E-state index contributed by atoms with van der Waals surface area (Å²) in [5, 5.41) is 2.93. The molecule has 0 bridgehead atoms. The molecule has 1 N–H and O–H groups in total. The number of fused-ring (bicyclic) bond motifs is 1. The first-order valence-electron chi connectivity index (χ1n) is 9.55. The minimum absolute atomic E-state index is 0.0609. The fourth-order valence-corrected chi connectivity index (χ4v) is 3.99. The number of oxazole rings is 1. The number of rotatable bonds is 3. The number of imide groups is 1. The van der Waals surface area contributed by atoms with Crippen molar-refractivity contribution in [3.05, 3.63) is 75.7 Å². The molecule has 0 spiro atoms. The lowest BCUT2D eigenvalue weighted by Gasteiger charge is -2.17. The number of nitrogens with zero attached hydrogens (tertiary/aromatic N) is 3. The first-order chi connectivity index (χ1) is 14.5. The Labute approximate surface area is 170 Å². The molecule has 30 heavy (non-hydrogen) atoms. The highest BCUT2D eigenvalue weighted by Gasteiger charge is 2.43. The summed E-state index contributed by atoms with van der Waals surface area (Å²) in [4.78, 5) is 44.5. The highest BCUT2D eigenvalue weighted by atomic mass is 16.4. The third kappa shape index (κ3) is 2.61. The Kier molecular flexibility index (Phi) is 3.95. The van der Waals surface area contributed by atoms with Crippen LogP contribution in [0, 0.1) is 13.8 Å². The number of carbonyl (C=O) groups excluding carboxylic acids is 2. The van der Waals surface area contributed by atoms with Gasteiger partial charge in [-0.1, -0.05) is 30.3 Å². The Hall–Kier alpha value is -3.94. The summed E-state index contributed by atoms with van der Waals surface area (Å²) in [6.45, 7) is 3.54. The van der Waals surface area contributed by atoms with Crippen molar-refractivity contribution in [2.24, 2.45) is 0 Å². The van der Waals surface area contributed by atoms with Crippen molar-refractivity contribution in [3.63, 3.8) is 0 Å². The maximum Gasteiger partial charge on any atom is 0.325 e. The van der Waals surface area contributed by atoms with E-state index in [0.717, 1.165) is 5.56 Å². The number of aromatic nitrogens is 3. The number of aryl methyl sites for hydroxylation is 2. The number of carbonyl (C=O) groups is 2. The number of nitrogens with one attached hydrogen (secondary N) is 1. The molecule has 2 aromatic carbocycles. The third-order valence-electron chi connectivity index (χ3n) is 5.44. The molecule has 0 aliphatic carbocycles. The lowest BCUT2D eigenvalue weighted by Crippen LogP contribution is -2.31. The molecule has 3 heterocycles. The highest BCUT2D eigenvalue weighted by Crippen LogP contribution is 2.34. The van der Waals surface area contributed by atoms with Gasteiger partial charge in [-0.3, -0.25) is 19.5 Å². The van der Waals surface area contributed by atoms with Crippen molar-refractivity contribution < 1.29 is 14.0 Å². The lowest BCUT2D eigenvalue weighted by molar-refractivity contribution is -0.121. The predicted molar refractivity (Wildman–Crippen MR) is 110 cm³/mol. The van der Waals surface area contributed by atoms with Gasteiger partial charge in [0.25, 0.3) is 5.56 Å². The molecule has 8 heteroatoms. The number of hydrogen-bond donors (Lipinski definition) is 1. The van der Waals surface area contributed by atoms with E-state index in [0.29, 0.717) is 22.5 Å². The van der Waals surface area contributed by atoms with Gasteiger partial charge in [-0.25, -0.2) is 4.90 Å². The minimum Gasteiger partial charge on any atom is -0.422 e. The normalized spacial score (nSPS) is 16.7. The molecule has 1 fully saturated rings. The van der Waals surface area contributed by atoms with Crippen LogP contribution in [0.2, 0.25) is 0 Å². The van der Waals surface area contributed by atoms with Gasteiger partial charge in [0.2, 0.25) is 11.8 Å². The fourth-order valence-electron chi connectivity index (χ4n) is 3.99. The van der Waals surface area contributed by atoms with Crippen LogP contribution in [0.25, 0.3) is 17.1 Å². The summed E-state index contributed by atoms with van der Waals surface area (Å²) in [5.41, 5.74) is 2.83. The smallest absolute Gasteiger partial charge is 0.325 e. The van der Waals surface area contributed by atoms with Gasteiger partial charge in [0.05, 0.1) is 17.2 Å². The molecule has 2 aromatic heterocycles. The molecule has 1 aliphatic heterocycles. The van der Waals surface area contributed by atoms with Crippen LogP contribution < -0.4 is 10.5 Å². The summed E-state index contributed by atoms with van der Waals surface area (Å²) >= 11 is 0. The summed E-state index contributed by atoms with van der Waals surface area (Å²) < 4.78 is 6.86. The van der Waals surface area contributed by atoms with Crippen molar-refractivity contribution >= 4 is 28.6 Å². The molecule has 1 saturated heterocycles. The average molecular weight is 402 g/mol. The second kappa shape index (κ2) is 6.55. The monoisotopic (exact) mass is 402 g/mol. The Morgan fingerprint density at radius 1 is 1.03 bits per heavy atom. The van der Waals surface area contributed by atoms with Crippen LogP contribution >= 0.6 is 0 Å². The van der Waals surface area contributed by atoms with E-state index in [2.05, 4.69) is 10.1 Å². The largest absolute Gasteiger partial charge is 0.422 e. The van der Waals surface area contributed by atoms with E-state index in [1.165, 1.54) is 9.58 Å². The van der Waals surface area contributed by atoms with Gasteiger partial charge in [-0.15, -0.1) is 0 Å². The second-order valence-corrected chi connectivity index (χ2v) is 7.37. The second-order valence-electron chi connectivity index (χ2n) is 7.37. The van der Waals surface area contributed by atoms with Crippen molar-refractivity contribution in [2.45, 2.75) is 26.2 Å². The van der Waals surface area contributed by atoms with E-state index in [1.807, 2.05) is 31.2 Å².